The summed E-state index contributed by atoms with van der Waals surface area (Å²) in [5.41, 5.74) is 8.84. The van der Waals surface area contributed by atoms with Gasteiger partial charge in [-0.2, -0.15) is 43.3 Å². The fourth-order valence-electron chi connectivity index (χ4n) is 3.50. The molecule has 0 bridgehead atoms. The van der Waals surface area contributed by atoms with Gasteiger partial charge in [-0.3, -0.25) is 16.4 Å². The maximum Gasteiger partial charge on any atom is 1.00 e. The van der Waals surface area contributed by atoms with Crippen molar-refractivity contribution in [1.29, 1.82) is 10.8 Å². The zero-order valence-corrected chi connectivity index (χ0v) is 28.2. The molecule has 0 aliphatic heterocycles. The van der Waals surface area contributed by atoms with Crippen LogP contribution in [0.5, 0.6) is 0 Å². The number of amides is 2. The molecule has 0 radical (unpaired) electrons. The summed E-state index contributed by atoms with van der Waals surface area (Å²) in [4.78, 5) is 13.4. The third-order valence-electron chi connectivity index (χ3n) is 5.85. The van der Waals surface area contributed by atoms with Gasteiger partial charge in [0.1, 0.15) is 5.84 Å². The van der Waals surface area contributed by atoms with Crippen LogP contribution in [0, 0.1) is 23.8 Å². The van der Waals surface area contributed by atoms with Crippen LogP contribution >= 0.6 is 11.6 Å². The second kappa shape index (κ2) is 20.3. The van der Waals surface area contributed by atoms with Gasteiger partial charge in [0.05, 0.1) is 6.42 Å². The molecule has 3 rings (SSSR count). The molecular formula is C30H39ClF3KN5O-. The van der Waals surface area contributed by atoms with Crippen molar-refractivity contribution in [1.82, 2.24) is 10.2 Å². The Bertz CT molecular complexity index is 1120. The van der Waals surface area contributed by atoms with Crippen molar-refractivity contribution in [3.63, 3.8) is 0 Å². The van der Waals surface area contributed by atoms with Gasteiger partial charge in [0, 0.05) is 12.1 Å². The number of hydrogen-bond acceptors (Lipinski definition) is 4. The van der Waals surface area contributed by atoms with Gasteiger partial charge in [-0.1, -0.05) is 74.7 Å². The molecule has 1 aliphatic carbocycles. The molecule has 5 N–H and O–H groups in total. The van der Waals surface area contributed by atoms with Crippen LogP contribution in [0.4, 0.5) is 18.0 Å². The second-order valence-corrected chi connectivity index (χ2v) is 9.21. The van der Waals surface area contributed by atoms with Gasteiger partial charge < -0.3 is 16.5 Å². The summed E-state index contributed by atoms with van der Waals surface area (Å²) >= 11 is 5.65. The minimum absolute atomic E-state index is 0. The fraction of sp³-hybridized carbons (Fsp3) is 0.400. The molecule has 41 heavy (non-hydrogen) atoms. The molecule has 6 nitrogen and oxygen atoms in total. The Morgan fingerprint density at radius 1 is 1.17 bits per heavy atom. The molecule has 0 spiro atoms. The zero-order valence-electron chi connectivity index (χ0n) is 24.3. The Balaban J connectivity index is 0.00000123. The summed E-state index contributed by atoms with van der Waals surface area (Å²) in [5.74, 6) is -0.319. The SMILES string of the molecule is CC.CCc1ccc(C(=N)N(CCC(F)(F)F)C(=O)NCC(=N)C2=[C-]CC(N)CC2)cc1.[CH2-]c1ccccc1Cl.[K+]. The number of aryl methyl sites for hydroxylation is 1. The van der Waals surface area contributed by atoms with E-state index in [9.17, 15) is 18.0 Å². The van der Waals surface area contributed by atoms with Crippen LogP contribution in [0.2, 0.25) is 5.02 Å². The van der Waals surface area contributed by atoms with Crippen molar-refractivity contribution in [3.8, 4) is 0 Å². The first-order valence-electron chi connectivity index (χ1n) is 13.2. The number of alkyl halides is 3. The van der Waals surface area contributed by atoms with E-state index >= 15 is 0 Å². The molecule has 220 valence electrons. The third-order valence-corrected chi connectivity index (χ3v) is 6.22. The first kappa shape index (κ1) is 39.3. The van der Waals surface area contributed by atoms with Gasteiger partial charge in [0.2, 0.25) is 0 Å². The number of benzene rings is 2. The predicted octanol–water partition coefficient (Wildman–Crippen LogP) is 4.35. The van der Waals surface area contributed by atoms with Gasteiger partial charge in [-0.05, 0) is 31.0 Å². The Kier molecular flexibility index (Phi) is 19.5. The van der Waals surface area contributed by atoms with E-state index in [2.05, 4.69) is 18.3 Å². The van der Waals surface area contributed by atoms with E-state index in [1.807, 2.05) is 45.0 Å². The average Bonchev–Trinajstić information content (AvgIpc) is 2.94. The number of hydrogen-bond donors (Lipinski definition) is 4. The quantitative estimate of drug-likeness (QED) is 0.161. The number of nitrogens with zero attached hydrogens (tertiary/aromatic N) is 1. The smallest absolute Gasteiger partial charge is 0.397 e. The van der Waals surface area contributed by atoms with E-state index in [4.69, 9.17) is 28.2 Å². The molecule has 0 saturated heterocycles. The van der Waals surface area contributed by atoms with Crippen LogP contribution in [0.1, 0.15) is 63.1 Å². The molecule has 2 aromatic rings. The van der Waals surface area contributed by atoms with Crippen molar-refractivity contribution in [3.05, 3.63) is 88.8 Å². The summed E-state index contributed by atoms with van der Waals surface area (Å²) in [6.07, 6.45) is -0.0482. The summed E-state index contributed by atoms with van der Waals surface area (Å²) < 4.78 is 38.2. The van der Waals surface area contributed by atoms with E-state index in [1.165, 1.54) is 0 Å². The molecule has 0 fully saturated rings. The Morgan fingerprint density at radius 2 is 1.78 bits per heavy atom. The monoisotopic (exact) mass is 616 g/mol. The zero-order chi connectivity index (χ0) is 30.3. The number of urea groups is 1. The van der Waals surface area contributed by atoms with Crippen LogP contribution in [0.25, 0.3) is 0 Å². The number of nitrogens with two attached hydrogens (primary N) is 1. The van der Waals surface area contributed by atoms with Crippen LogP contribution in [-0.2, 0) is 6.42 Å². The topological polar surface area (TPSA) is 106 Å². The summed E-state index contributed by atoms with van der Waals surface area (Å²) in [6.45, 7) is 8.82. The molecule has 1 aliphatic rings. The molecule has 1 unspecified atom stereocenters. The molecule has 2 aromatic carbocycles. The summed E-state index contributed by atoms with van der Waals surface area (Å²) in [5, 5.41) is 19.6. The van der Waals surface area contributed by atoms with Gasteiger partial charge in [0.25, 0.3) is 0 Å². The van der Waals surface area contributed by atoms with Crippen molar-refractivity contribution in [2.45, 2.75) is 65.1 Å². The van der Waals surface area contributed by atoms with Gasteiger partial charge >= 0.3 is 63.6 Å². The fourth-order valence-corrected chi connectivity index (χ4v) is 3.64. The Labute approximate surface area is 289 Å². The number of amidine groups is 1. The standard InChI is InChI=1S/C21H27F3N5O.C7H6Cl.C2H6.K/c1-2-14-3-5-16(6-4-14)19(27)29(12-11-21(22,23)24)20(30)28-13-18(26)15-7-9-17(25)10-8-15;1-6-4-2-3-5-7(6)8;1-2;/h3-6,17,26-27H,2,7,9-13,25H2,1H3,(H,28,30);2-5H,1H2;1-2H3;/q2*-1;;+1. The van der Waals surface area contributed by atoms with Gasteiger partial charge in [-0.15, -0.1) is 12.1 Å². The van der Waals surface area contributed by atoms with Crippen LogP contribution in [-0.4, -0.2) is 47.8 Å². The van der Waals surface area contributed by atoms with Gasteiger partial charge in [-0.25, -0.2) is 10.4 Å². The van der Waals surface area contributed by atoms with Crippen LogP contribution < -0.4 is 62.4 Å². The Morgan fingerprint density at radius 3 is 2.24 bits per heavy atom. The molecule has 2 amide bonds. The number of carbonyl (C=O) groups excluding carboxylic acids is 1. The molecule has 0 saturated carbocycles. The summed E-state index contributed by atoms with van der Waals surface area (Å²) in [6, 6.07) is 13.4. The average molecular weight is 617 g/mol. The van der Waals surface area contributed by atoms with Crippen molar-refractivity contribution in [2.75, 3.05) is 13.1 Å². The number of rotatable bonds is 7. The second-order valence-electron chi connectivity index (χ2n) is 8.80. The predicted molar refractivity (Wildman–Crippen MR) is 157 cm³/mol. The van der Waals surface area contributed by atoms with E-state index in [1.54, 1.807) is 24.3 Å². The number of nitrogens with one attached hydrogen (secondary N) is 3. The van der Waals surface area contributed by atoms with Crippen molar-refractivity contribution >= 4 is 29.2 Å². The Hall–Kier alpha value is -1.66. The van der Waals surface area contributed by atoms with E-state index in [-0.39, 0.29) is 75.5 Å². The maximum absolute atomic E-state index is 12.7. The van der Waals surface area contributed by atoms with E-state index in [0.29, 0.717) is 24.0 Å². The van der Waals surface area contributed by atoms with E-state index in [0.717, 1.165) is 33.9 Å². The maximum atomic E-state index is 12.7. The number of halogens is 4. The minimum Gasteiger partial charge on any atom is -0.397 e. The number of carbonyl (C=O) groups is 1. The molecular weight excluding hydrogens is 578 g/mol. The normalized spacial score (nSPS) is 14.0. The van der Waals surface area contributed by atoms with Gasteiger partial charge in [0.15, 0.2) is 0 Å². The third kappa shape index (κ3) is 14.9. The first-order chi connectivity index (χ1) is 18.9. The largest absolute Gasteiger partial charge is 1.00 e. The minimum atomic E-state index is -4.46. The van der Waals surface area contributed by atoms with Crippen LogP contribution in [0.3, 0.4) is 0 Å². The van der Waals surface area contributed by atoms with E-state index < -0.39 is 25.2 Å². The first-order valence-corrected chi connectivity index (χ1v) is 13.6. The molecule has 1 atom stereocenters. The molecule has 0 aromatic heterocycles. The van der Waals surface area contributed by atoms with Crippen molar-refractivity contribution in [2.24, 2.45) is 5.73 Å². The molecule has 0 heterocycles. The summed E-state index contributed by atoms with van der Waals surface area (Å²) in [7, 11) is 0. The molecule has 11 heteroatoms. The van der Waals surface area contributed by atoms with Crippen molar-refractivity contribution < 1.29 is 69.4 Å². The van der Waals surface area contributed by atoms with Crippen LogP contribution in [0.15, 0.2) is 54.1 Å².